The number of amides is 1. The van der Waals surface area contributed by atoms with Gasteiger partial charge in [-0.2, -0.15) is 15.4 Å². The SMILES string of the molecule is CN[C@@H](C)C(=O)Nc1cnc(-c2cccc(-c3cn[nH]n3)c2)n(Cc2cncc(-n3cc(C)c4cc(F)ccc43)c2)c1=O. The van der Waals surface area contributed by atoms with Crippen molar-refractivity contribution in [1.29, 1.82) is 0 Å². The van der Waals surface area contributed by atoms with Gasteiger partial charge in [-0.05, 0) is 62.4 Å². The minimum Gasteiger partial charge on any atom is -0.319 e. The largest absolute Gasteiger partial charge is 0.319 e. The van der Waals surface area contributed by atoms with Gasteiger partial charge in [-0.1, -0.05) is 18.2 Å². The average molecular weight is 578 g/mol. The number of halogens is 1. The predicted octanol–water partition coefficient (Wildman–Crippen LogP) is 4.08. The third-order valence-corrected chi connectivity index (χ3v) is 7.33. The maximum absolute atomic E-state index is 13.9. The van der Waals surface area contributed by atoms with E-state index >= 15 is 0 Å². The Morgan fingerprint density at radius 1 is 1.07 bits per heavy atom. The molecule has 0 unspecified atom stereocenters. The molecule has 6 rings (SSSR count). The van der Waals surface area contributed by atoms with E-state index in [4.69, 9.17) is 0 Å². The van der Waals surface area contributed by atoms with Crippen LogP contribution >= 0.6 is 0 Å². The normalized spacial score (nSPS) is 12.0. The number of hydrogen-bond acceptors (Lipinski definition) is 7. The van der Waals surface area contributed by atoms with Crippen molar-refractivity contribution >= 4 is 22.5 Å². The molecule has 0 saturated heterocycles. The zero-order chi connectivity index (χ0) is 30.1. The van der Waals surface area contributed by atoms with Crippen LogP contribution in [0.4, 0.5) is 10.1 Å². The maximum Gasteiger partial charge on any atom is 0.277 e. The van der Waals surface area contributed by atoms with Gasteiger partial charge < -0.3 is 15.2 Å². The highest BCUT2D eigenvalue weighted by Gasteiger charge is 2.18. The Balaban J connectivity index is 1.44. The molecule has 0 spiro atoms. The van der Waals surface area contributed by atoms with Gasteiger partial charge in [-0.3, -0.25) is 19.1 Å². The monoisotopic (exact) mass is 577 g/mol. The molecule has 0 aliphatic carbocycles. The summed E-state index contributed by atoms with van der Waals surface area (Å²) in [6.07, 6.45) is 8.31. The van der Waals surface area contributed by atoms with Crippen LogP contribution in [0.1, 0.15) is 18.1 Å². The summed E-state index contributed by atoms with van der Waals surface area (Å²) >= 11 is 0. The standard InChI is InChI=1S/C31H28FN9O2/c1-18-16-40(28-8-7-23(32)11-25(18)28)24-9-20(12-34-13-24)17-41-29(22-6-4-5-21(10-22)26-15-36-39-38-26)35-14-27(31(41)43)37-30(42)19(2)33-3/h4-16,19,33H,17H2,1-3H3,(H,37,42)(H,36,38,39)/t19-/m0/s1. The zero-order valence-electron chi connectivity index (χ0n) is 23.7. The topological polar surface area (TPSA) is 135 Å². The minimum absolute atomic E-state index is 0.0571. The molecular formula is C31H28FN9O2. The summed E-state index contributed by atoms with van der Waals surface area (Å²) in [5.41, 5.74) is 5.00. The first kappa shape index (κ1) is 27.7. The number of nitrogens with one attached hydrogen (secondary N) is 3. The molecule has 216 valence electrons. The number of fused-ring (bicyclic) bond motifs is 1. The van der Waals surface area contributed by atoms with Crippen molar-refractivity contribution in [1.82, 2.24) is 39.8 Å². The van der Waals surface area contributed by atoms with Crippen molar-refractivity contribution in [3.8, 4) is 28.3 Å². The highest BCUT2D eigenvalue weighted by Crippen LogP contribution is 2.27. The van der Waals surface area contributed by atoms with Gasteiger partial charge >= 0.3 is 0 Å². The molecule has 4 aromatic heterocycles. The lowest BCUT2D eigenvalue weighted by atomic mass is 10.1. The second-order valence-corrected chi connectivity index (χ2v) is 10.2. The molecule has 0 aliphatic heterocycles. The minimum atomic E-state index is -0.513. The van der Waals surface area contributed by atoms with Crippen molar-refractivity contribution in [2.75, 3.05) is 12.4 Å². The summed E-state index contributed by atoms with van der Waals surface area (Å²) in [6.45, 7) is 3.74. The van der Waals surface area contributed by atoms with Crippen molar-refractivity contribution < 1.29 is 9.18 Å². The number of aromatic nitrogens is 7. The number of rotatable bonds is 8. The highest BCUT2D eigenvalue weighted by molar-refractivity contribution is 5.94. The van der Waals surface area contributed by atoms with Gasteiger partial charge in [-0.15, -0.1) is 0 Å². The number of carbonyl (C=O) groups excluding carboxylic acids is 1. The van der Waals surface area contributed by atoms with E-state index in [1.165, 1.54) is 22.9 Å². The lowest BCUT2D eigenvalue weighted by molar-refractivity contribution is -0.117. The van der Waals surface area contributed by atoms with Crippen molar-refractivity contribution in [3.63, 3.8) is 0 Å². The van der Waals surface area contributed by atoms with Crippen LogP contribution in [-0.2, 0) is 11.3 Å². The lowest BCUT2D eigenvalue weighted by Crippen LogP contribution is -2.38. The van der Waals surface area contributed by atoms with Gasteiger partial charge in [0.1, 0.15) is 23.0 Å². The van der Waals surface area contributed by atoms with E-state index in [0.29, 0.717) is 17.1 Å². The van der Waals surface area contributed by atoms with Crippen molar-refractivity contribution in [2.24, 2.45) is 0 Å². The summed E-state index contributed by atoms with van der Waals surface area (Å²) in [5.74, 6) is -0.259. The van der Waals surface area contributed by atoms with E-state index < -0.39 is 11.6 Å². The molecule has 4 heterocycles. The second-order valence-electron chi connectivity index (χ2n) is 10.2. The van der Waals surface area contributed by atoms with Gasteiger partial charge in [0, 0.05) is 28.9 Å². The van der Waals surface area contributed by atoms with Crippen LogP contribution < -0.4 is 16.2 Å². The first-order valence-corrected chi connectivity index (χ1v) is 13.6. The molecule has 1 atom stereocenters. The van der Waals surface area contributed by atoms with E-state index in [0.717, 1.165) is 33.3 Å². The van der Waals surface area contributed by atoms with Gasteiger partial charge in [0.05, 0.1) is 42.4 Å². The first-order valence-electron chi connectivity index (χ1n) is 13.6. The maximum atomic E-state index is 13.9. The van der Waals surface area contributed by atoms with Crippen LogP contribution in [0.25, 0.3) is 39.2 Å². The molecule has 0 aliphatic rings. The number of nitrogens with zero attached hydrogens (tertiary/aromatic N) is 6. The molecule has 0 fully saturated rings. The van der Waals surface area contributed by atoms with Crippen LogP contribution in [0, 0.1) is 12.7 Å². The molecule has 12 heteroatoms. The van der Waals surface area contributed by atoms with Gasteiger partial charge in [0.25, 0.3) is 5.56 Å². The number of anilines is 1. The predicted molar refractivity (Wildman–Crippen MR) is 161 cm³/mol. The molecule has 6 aromatic rings. The molecule has 11 nitrogen and oxygen atoms in total. The molecule has 0 bridgehead atoms. The number of hydrogen-bond donors (Lipinski definition) is 3. The van der Waals surface area contributed by atoms with E-state index in [1.807, 2.05) is 48.0 Å². The lowest BCUT2D eigenvalue weighted by Gasteiger charge is -2.16. The molecular weight excluding hydrogens is 549 g/mol. The van der Waals surface area contributed by atoms with Crippen molar-refractivity contribution in [3.05, 3.63) is 107 Å². The third-order valence-electron chi connectivity index (χ3n) is 7.33. The van der Waals surface area contributed by atoms with Gasteiger partial charge in [0.15, 0.2) is 0 Å². The fourth-order valence-electron chi connectivity index (χ4n) is 4.94. The summed E-state index contributed by atoms with van der Waals surface area (Å²) in [4.78, 5) is 35.6. The Morgan fingerprint density at radius 3 is 2.70 bits per heavy atom. The fraction of sp³-hybridized carbons (Fsp3) is 0.161. The molecule has 0 saturated carbocycles. The van der Waals surface area contributed by atoms with E-state index in [1.54, 1.807) is 38.6 Å². The first-order chi connectivity index (χ1) is 20.8. The van der Waals surface area contributed by atoms with E-state index in [-0.39, 0.29) is 24.0 Å². The Hall–Kier alpha value is -5.49. The number of aryl methyl sites for hydroxylation is 1. The zero-order valence-corrected chi connectivity index (χ0v) is 23.7. The Kier molecular flexibility index (Phi) is 7.34. The number of aromatic amines is 1. The average Bonchev–Trinajstić information content (AvgIpc) is 3.67. The smallest absolute Gasteiger partial charge is 0.277 e. The molecule has 43 heavy (non-hydrogen) atoms. The highest BCUT2D eigenvalue weighted by atomic mass is 19.1. The van der Waals surface area contributed by atoms with Crippen LogP contribution in [0.15, 0.2) is 84.3 Å². The number of pyridine rings is 1. The summed E-state index contributed by atoms with van der Waals surface area (Å²) in [5, 5.41) is 17.0. The number of carbonyl (C=O) groups is 1. The Morgan fingerprint density at radius 2 is 1.91 bits per heavy atom. The number of likely N-dealkylation sites (N-methyl/N-ethyl adjacent to an activating group) is 1. The van der Waals surface area contributed by atoms with Crippen molar-refractivity contribution in [2.45, 2.75) is 26.4 Å². The number of H-pyrrole nitrogens is 1. The van der Waals surface area contributed by atoms with Gasteiger partial charge in [0.2, 0.25) is 5.91 Å². The second kappa shape index (κ2) is 11.4. The molecule has 0 radical (unpaired) electrons. The summed E-state index contributed by atoms with van der Waals surface area (Å²) < 4.78 is 17.4. The summed E-state index contributed by atoms with van der Waals surface area (Å²) in [6, 6.07) is 13.5. The number of benzene rings is 2. The Labute approximate surface area is 245 Å². The fourth-order valence-corrected chi connectivity index (χ4v) is 4.94. The Bertz CT molecular complexity index is 2010. The van der Waals surface area contributed by atoms with E-state index in [2.05, 4.69) is 36.0 Å². The molecule has 2 aromatic carbocycles. The third kappa shape index (κ3) is 5.43. The van der Waals surface area contributed by atoms with Crippen LogP contribution in [0.2, 0.25) is 0 Å². The molecule has 3 N–H and O–H groups in total. The molecule has 1 amide bonds. The van der Waals surface area contributed by atoms with Crippen LogP contribution in [-0.4, -0.2) is 53.5 Å². The summed E-state index contributed by atoms with van der Waals surface area (Å²) in [7, 11) is 1.66. The van der Waals surface area contributed by atoms with Crippen LogP contribution in [0.3, 0.4) is 0 Å². The van der Waals surface area contributed by atoms with E-state index in [9.17, 15) is 14.0 Å². The quantitative estimate of drug-likeness (QED) is 0.248. The van der Waals surface area contributed by atoms with Gasteiger partial charge in [-0.25, -0.2) is 9.37 Å². The van der Waals surface area contributed by atoms with Crippen LogP contribution in [0.5, 0.6) is 0 Å².